The molecule has 2 N–H and O–H groups in total. The van der Waals surface area contributed by atoms with Gasteiger partial charge in [0, 0.05) is 12.1 Å². The molecule has 0 aliphatic rings. The van der Waals surface area contributed by atoms with Gasteiger partial charge in [0.25, 0.3) is 0 Å². The van der Waals surface area contributed by atoms with Crippen LogP contribution < -0.4 is 9.47 Å². The number of carboxylic acid groups (broad SMARTS) is 1. The molecule has 0 aliphatic carbocycles. The van der Waals surface area contributed by atoms with Crippen molar-refractivity contribution in [1.82, 2.24) is 0 Å². The van der Waals surface area contributed by atoms with Crippen LogP contribution in [0.1, 0.15) is 15.9 Å². The molecule has 2 aromatic rings. The maximum Gasteiger partial charge on any atom is 0.336 e. The van der Waals surface area contributed by atoms with Crippen molar-refractivity contribution in [3.8, 4) is 22.6 Å². The smallest absolute Gasteiger partial charge is 0.336 e. The Morgan fingerprint density at radius 1 is 1.18 bits per heavy atom. The van der Waals surface area contributed by atoms with Crippen LogP contribution in [-0.2, 0) is 6.61 Å². The number of benzene rings is 2. The van der Waals surface area contributed by atoms with Gasteiger partial charge in [-0.15, -0.1) is 0 Å². The zero-order chi connectivity index (χ0) is 16.3. The minimum Gasteiger partial charge on any atom is -0.497 e. The summed E-state index contributed by atoms with van der Waals surface area (Å²) in [7, 11) is 2.82. The largest absolute Gasteiger partial charge is 0.497 e. The molecule has 0 amide bonds. The van der Waals surface area contributed by atoms with E-state index in [9.17, 15) is 14.3 Å². The van der Waals surface area contributed by atoms with Gasteiger partial charge >= 0.3 is 5.97 Å². The van der Waals surface area contributed by atoms with Gasteiger partial charge in [0.05, 0.1) is 32.0 Å². The number of carboxylic acids is 1. The number of aliphatic hydroxyl groups excluding tert-OH is 1. The Morgan fingerprint density at radius 2 is 1.91 bits per heavy atom. The lowest BCUT2D eigenvalue weighted by Crippen LogP contribution is -2.03. The fraction of sp³-hybridized carbons (Fsp3) is 0.188. The van der Waals surface area contributed by atoms with Crippen molar-refractivity contribution < 1.29 is 28.9 Å². The summed E-state index contributed by atoms with van der Waals surface area (Å²) in [6.45, 7) is -0.463. The van der Waals surface area contributed by atoms with Crippen LogP contribution in [0.25, 0.3) is 11.1 Å². The van der Waals surface area contributed by atoms with Gasteiger partial charge in [-0.25, -0.2) is 9.18 Å². The fourth-order valence-corrected chi connectivity index (χ4v) is 2.21. The predicted molar refractivity (Wildman–Crippen MR) is 77.8 cm³/mol. The van der Waals surface area contributed by atoms with Gasteiger partial charge in [0.1, 0.15) is 17.3 Å². The summed E-state index contributed by atoms with van der Waals surface area (Å²) in [6.07, 6.45) is 0. The molecule has 2 aromatic carbocycles. The number of ether oxygens (including phenoxy) is 2. The minimum absolute atomic E-state index is 0.0286. The highest BCUT2D eigenvalue weighted by Crippen LogP contribution is 2.36. The molecule has 0 heterocycles. The average molecular weight is 306 g/mol. The van der Waals surface area contributed by atoms with E-state index >= 15 is 0 Å². The van der Waals surface area contributed by atoms with Crippen LogP contribution in [0, 0.1) is 5.82 Å². The summed E-state index contributed by atoms with van der Waals surface area (Å²) < 4.78 is 24.5. The summed E-state index contributed by atoms with van der Waals surface area (Å²) >= 11 is 0. The molecule has 0 saturated carbocycles. The number of halogens is 1. The quantitative estimate of drug-likeness (QED) is 0.888. The molecule has 0 spiro atoms. The predicted octanol–water partition coefficient (Wildman–Crippen LogP) is 2.70. The molecule has 0 unspecified atom stereocenters. The monoisotopic (exact) mass is 306 g/mol. The first-order valence-corrected chi connectivity index (χ1v) is 6.40. The van der Waals surface area contributed by atoms with Crippen molar-refractivity contribution in [3.05, 3.63) is 47.3 Å². The zero-order valence-corrected chi connectivity index (χ0v) is 12.1. The van der Waals surface area contributed by atoms with Crippen LogP contribution in [0.2, 0.25) is 0 Å². The summed E-state index contributed by atoms with van der Waals surface area (Å²) in [4.78, 5) is 11.1. The molecule has 0 atom stereocenters. The SMILES string of the molecule is COc1cc(F)c(-c2ccc(C(=O)O)c(CO)c2)c(OC)c1. The maximum absolute atomic E-state index is 14.3. The lowest BCUT2D eigenvalue weighted by molar-refractivity contribution is 0.0693. The van der Waals surface area contributed by atoms with Crippen LogP contribution >= 0.6 is 0 Å². The first-order chi connectivity index (χ1) is 10.5. The first-order valence-electron chi connectivity index (χ1n) is 6.40. The van der Waals surface area contributed by atoms with E-state index in [0.29, 0.717) is 11.3 Å². The summed E-state index contributed by atoms with van der Waals surface area (Å²) in [6, 6.07) is 6.96. The molecule has 22 heavy (non-hydrogen) atoms. The van der Waals surface area contributed by atoms with E-state index in [1.54, 1.807) is 0 Å². The first kappa shape index (κ1) is 15.8. The van der Waals surface area contributed by atoms with Crippen LogP contribution in [0.15, 0.2) is 30.3 Å². The maximum atomic E-state index is 14.3. The molecular formula is C16H15FO5. The van der Waals surface area contributed by atoms with Gasteiger partial charge < -0.3 is 19.7 Å². The molecule has 0 aromatic heterocycles. The van der Waals surface area contributed by atoms with Crippen LogP contribution in [0.3, 0.4) is 0 Å². The molecular weight excluding hydrogens is 291 g/mol. The van der Waals surface area contributed by atoms with Gasteiger partial charge in [-0.2, -0.15) is 0 Å². The van der Waals surface area contributed by atoms with E-state index in [1.807, 2.05) is 0 Å². The van der Waals surface area contributed by atoms with Gasteiger partial charge in [0.2, 0.25) is 0 Å². The van der Waals surface area contributed by atoms with E-state index < -0.39 is 18.4 Å². The Labute approximate surface area is 126 Å². The summed E-state index contributed by atoms with van der Waals surface area (Å²) in [5.41, 5.74) is 0.752. The second-order valence-corrected chi connectivity index (χ2v) is 4.52. The normalized spacial score (nSPS) is 10.4. The molecule has 0 saturated heterocycles. The van der Waals surface area contributed by atoms with E-state index in [4.69, 9.17) is 14.6 Å². The van der Waals surface area contributed by atoms with Gasteiger partial charge in [-0.1, -0.05) is 6.07 Å². The van der Waals surface area contributed by atoms with Crippen molar-refractivity contribution in [3.63, 3.8) is 0 Å². The Balaban J connectivity index is 2.64. The van der Waals surface area contributed by atoms with Crippen LogP contribution in [-0.4, -0.2) is 30.4 Å². The third-order valence-corrected chi connectivity index (χ3v) is 3.28. The number of rotatable bonds is 5. The number of aliphatic hydroxyl groups is 1. The number of aromatic carboxylic acids is 1. The zero-order valence-electron chi connectivity index (χ0n) is 12.1. The fourth-order valence-electron chi connectivity index (χ4n) is 2.21. The molecule has 0 bridgehead atoms. The standard InChI is InChI=1S/C16H15FO5/c1-21-11-6-13(17)15(14(7-11)22-2)9-3-4-12(16(19)20)10(5-9)8-18/h3-7,18H,8H2,1-2H3,(H,19,20). The van der Waals surface area contributed by atoms with Crippen molar-refractivity contribution in [2.75, 3.05) is 14.2 Å². The van der Waals surface area contributed by atoms with E-state index in [-0.39, 0.29) is 22.4 Å². The van der Waals surface area contributed by atoms with Crippen molar-refractivity contribution in [2.24, 2.45) is 0 Å². The Morgan fingerprint density at radius 3 is 2.45 bits per heavy atom. The van der Waals surface area contributed by atoms with Crippen LogP contribution in [0.5, 0.6) is 11.5 Å². The van der Waals surface area contributed by atoms with Crippen LogP contribution in [0.4, 0.5) is 4.39 Å². The highest BCUT2D eigenvalue weighted by atomic mass is 19.1. The molecule has 0 radical (unpaired) electrons. The second-order valence-electron chi connectivity index (χ2n) is 4.52. The summed E-state index contributed by atoms with van der Waals surface area (Å²) in [5.74, 6) is -1.16. The van der Waals surface area contributed by atoms with Crippen molar-refractivity contribution >= 4 is 5.97 Å². The topological polar surface area (TPSA) is 76.0 Å². The lowest BCUT2D eigenvalue weighted by atomic mass is 9.98. The summed E-state index contributed by atoms with van der Waals surface area (Å²) in [5, 5.41) is 18.4. The minimum atomic E-state index is -1.15. The third-order valence-electron chi connectivity index (χ3n) is 3.28. The van der Waals surface area contributed by atoms with Gasteiger partial charge in [-0.3, -0.25) is 0 Å². The highest BCUT2D eigenvalue weighted by molar-refractivity contribution is 5.90. The molecule has 0 fully saturated rings. The van der Waals surface area contributed by atoms with Crippen molar-refractivity contribution in [2.45, 2.75) is 6.61 Å². The Kier molecular flexibility index (Phi) is 4.62. The van der Waals surface area contributed by atoms with Crippen molar-refractivity contribution in [1.29, 1.82) is 0 Å². The number of hydrogen-bond acceptors (Lipinski definition) is 4. The van der Waals surface area contributed by atoms with Gasteiger partial charge in [0.15, 0.2) is 0 Å². The van der Waals surface area contributed by atoms with E-state index in [1.165, 1.54) is 44.6 Å². The third kappa shape index (κ3) is 2.87. The lowest BCUT2D eigenvalue weighted by Gasteiger charge is -2.13. The molecule has 6 heteroatoms. The molecule has 2 rings (SSSR count). The average Bonchev–Trinajstić information content (AvgIpc) is 2.53. The molecule has 0 aliphatic heterocycles. The van der Waals surface area contributed by atoms with E-state index in [2.05, 4.69) is 0 Å². The highest BCUT2D eigenvalue weighted by Gasteiger charge is 2.17. The molecule has 116 valence electrons. The number of methoxy groups -OCH3 is 2. The number of carbonyl (C=O) groups is 1. The Bertz CT molecular complexity index is 712. The second kappa shape index (κ2) is 6.44. The number of hydrogen-bond donors (Lipinski definition) is 2. The Hall–Kier alpha value is -2.60. The van der Waals surface area contributed by atoms with Gasteiger partial charge in [-0.05, 0) is 23.3 Å². The van der Waals surface area contributed by atoms with E-state index in [0.717, 1.165) is 0 Å². The molecule has 5 nitrogen and oxygen atoms in total.